The van der Waals surface area contributed by atoms with Crippen LogP contribution in [0.2, 0.25) is 0 Å². The molecule has 0 saturated carbocycles. The summed E-state index contributed by atoms with van der Waals surface area (Å²) in [5, 5.41) is 0. The minimum absolute atomic E-state index is 0.508. The van der Waals surface area contributed by atoms with E-state index in [1.54, 1.807) is 6.08 Å². The van der Waals surface area contributed by atoms with Crippen LogP contribution in [-0.4, -0.2) is 37.7 Å². The smallest absolute Gasteiger partial charge is 0.161 e. The molecule has 1 aromatic carbocycles. The van der Waals surface area contributed by atoms with Gasteiger partial charge in [-0.15, -0.1) is 0 Å². The zero-order chi connectivity index (χ0) is 14.0. The zero-order valence-corrected chi connectivity index (χ0v) is 12.2. The van der Waals surface area contributed by atoms with Gasteiger partial charge in [0.1, 0.15) is 6.61 Å². The van der Waals surface area contributed by atoms with Crippen LogP contribution in [0.5, 0.6) is 11.5 Å². The molecule has 0 atom stereocenters. The number of likely N-dealkylation sites (tertiary alicyclic amines) is 1. The highest BCUT2D eigenvalue weighted by Crippen LogP contribution is 2.26. The Hall–Kier alpha value is -1.48. The Bertz CT molecular complexity index is 400. The summed E-state index contributed by atoms with van der Waals surface area (Å²) in [6, 6.07) is 7.82. The Balaban J connectivity index is 1.71. The molecule has 0 aliphatic carbocycles. The number of hydrogen-bond donors (Lipinski definition) is 0. The van der Waals surface area contributed by atoms with Crippen LogP contribution >= 0.6 is 0 Å². The molecular formula is C17H25NO2. The van der Waals surface area contributed by atoms with E-state index >= 15 is 0 Å². The van der Waals surface area contributed by atoms with Crippen molar-refractivity contribution in [3.05, 3.63) is 36.9 Å². The lowest BCUT2D eigenvalue weighted by Crippen LogP contribution is -2.31. The number of rotatable bonds is 8. The van der Waals surface area contributed by atoms with E-state index in [0.29, 0.717) is 6.61 Å². The molecule has 1 aliphatic heterocycles. The van der Waals surface area contributed by atoms with E-state index in [-0.39, 0.29) is 0 Å². The Labute approximate surface area is 122 Å². The van der Waals surface area contributed by atoms with Crippen LogP contribution < -0.4 is 9.47 Å². The van der Waals surface area contributed by atoms with Gasteiger partial charge in [-0.25, -0.2) is 0 Å². The topological polar surface area (TPSA) is 21.7 Å². The van der Waals surface area contributed by atoms with E-state index in [1.807, 2.05) is 24.3 Å². The van der Waals surface area contributed by atoms with Gasteiger partial charge in [0.2, 0.25) is 0 Å². The maximum absolute atomic E-state index is 5.84. The summed E-state index contributed by atoms with van der Waals surface area (Å²) in [6.07, 6.45) is 6.89. The summed E-state index contributed by atoms with van der Waals surface area (Å²) < 4.78 is 11.4. The van der Waals surface area contributed by atoms with Crippen molar-refractivity contribution < 1.29 is 9.47 Å². The quantitative estimate of drug-likeness (QED) is 0.535. The van der Waals surface area contributed by atoms with Crippen LogP contribution in [0.1, 0.15) is 25.7 Å². The van der Waals surface area contributed by atoms with Crippen molar-refractivity contribution in [3.63, 3.8) is 0 Å². The lowest BCUT2D eigenvalue weighted by atomic mass is 10.1. The van der Waals surface area contributed by atoms with E-state index in [9.17, 15) is 0 Å². The molecule has 1 saturated heterocycles. The molecule has 110 valence electrons. The number of nitrogens with zero attached hydrogens (tertiary/aromatic N) is 1. The second kappa shape index (κ2) is 8.64. The molecule has 0 radical (unpaired) electrons. The zero-order valence-electron chi connectivity index (χ0n) is 12.2. The van der Waals surface area contributed by atoms with Gasteiger partial charge >= 0.3 is 0 Å². The summed E-state index contributed by atoms with van der Waals surface area (Å²) in [4.78, 5) is 2.53. The van der Waals surface area contributed by atoms with Crippen molar-refractivity contribution in [1.82, 2.24) is 4.90 Å². The standard InChI is InChI=1S/C17H25NO2/c1-2-14-19-16-9-4-5-10-17(16)20-15-8-13-18-11-6-3-7-12-18/h2,4-5,9-10H,1,3,6-8,11-15H2. The molecule has 0 N–H and O–H groups in total. The largest absolute Gasteiger partial charge is 0.490 e. The Morgan fingerprint density at radius 2 is 1.75 bits per heavy atom. The lowest BCUT2D eigenvalue weighted by molar-refractivity contribution is 0.202. The second-order valence-corrected chi connectivity index (χ2v) is 5.15. The van der Waals surface area contributed by atoms with Gasteiger partial charge < -0.3 is 14.4 Å². The van der Waals surface area contributed by atoms with E-state index in [2.05, 4.69) is 11.5 Å². The number of hydrogen-bond acceptors (Lipinski definition) is 3. The van der Waals surface area contributed by atoms with Crippen LogP contribution in [-0.2, 0) is 0 Å². The Kier molecular flexibility index (Phi) is 6.45. The van der Waals surface area contributed by atoms with Gasteiger partial charge in [-0.2, -0.15) is 0 Å². The normalized spacial score (nSPS) is 15.8. The average molecular weight is 275 g/mol. The monoisotopic (exact) mass is 275 g/mol. The van der Waals surface area contributed by atoms with Gasteiger partial charge in [0.05, 0.1) is 6.61 Å². The van der Waals surface area contributed by atoms with Crippen molar-refractivity contribution in [2.45, 2.75) is 25.7 Å². The summed E-state index contributed by atoms with van der Waals surface area (Å²) >= 11 is 0. The van der Waals surface area contributed by atoms with E-state index < -0.39 is 0 Å². The van der Waals surface area contributed by atoms with Crippen LogP contribution in [0.4, 0.5) is 0 Å². The van der Waals surface area contributed by atoms with Crippen molar-refractivity contribution in [2.24, 2.45) is 0 Å². The van der Waals surface area contributed by atoms with Gasteiger partial charge in [-0.3, -0.25) is 0 Å². The molecule has 0 amide bonds. The minimum Gasteiger partial charge on any atom is -0.490 e. The minimum atomic E-state index is 0.508. The van der Waals surface area contributed by atoms with E-state index in [4.69, 9.17) is 9.47 Å². The molecule has 0 aromatic heterocycles. The molecular weight excluding hydrogens is 250 g/mol. The molecule has 1 fully saturated rings. The highest BCUT2D eigenvalue weighted by molar-refractivity contribution is 5.39. The van der Waals surface area contributed by atoms with Gasteiger partial charge in [0, 0.05) is 6.54 Å². The van der Waals surface area contributed by atoms with E-state index in [0.717, 1.165) is 31.1 Å². The van der Waals surface area contributed by atoms with Crippen molar-refractivity contribution in [3.8, 4) is 11.5 Å². The van der Waals surface area contributed by atoms with Gasteiger partial charge in [0.15, 0.2) is 11.5 Å². The predicted octanol–water partition coefficient (Wildman–Crippen LogP) is 3.51. The lowest BCUT2D eigenvalue weighted by Gasteiger charge is -2.26. The van der Waals surface area contributed by atoms with Crippen LogP contribution in [0.15, 0.2) is 36.9 Å². The third-order valence-electron chi connectivity index (χ3n) is 3.53. The van der Waals surface area contributed by atoms with Crippen LogP contribution in [0.25, 0.3) is 0 Å². The number of benzene rings is 1. The first-order chi connectivity index (χ1) is 9.90. The summed E-state index contributed by atoms with van der Waals surface area (Å²) in [6.45, 7) is 8.54. The van der Waals surface area contributed by atoms with Gasteiger partial charge in [0.25, 0.3) is 0 Å². The van der Waals surface area contributed by atoms with Crippen molar-refractivity contribution in [1.29, 1.82) is 0 Å². The molecule has 3 heteroatoms. The molecule has 1 heterocycles. The Morgan fingerprint density at radius 1 is 1.05 bits per heavy atom. The molecule has 0 spiro atoms. The average Bonchev–Trinajstić information content (AvgIpc) is 2.51. The van der Waals surface area contributed by atoms with Gasteiger partial charge in [-0.1, -0.05) is 31.2 Å². The molecule has 0 bridgehead atoms. The highest BCUT2D eigenvalue weighted by atomic mass is 16.5. The molecule has 0 unspecified atom stereocenters. The van der Waals surface area contributed by atoms with Crippen molar-refractivity contribution >= 4 is 0 Å². The fourth-order valence-electron chi connectivity index (χ4n) is 2.49. The molecule has 1 aromatic rings. The second-order valence-electron chi connectivity index (χ2n) is 5.15. The number of para-hydroxylation sites is 2. The fraction of sp³-hybridized carbons (Fsp3) is 0.529. The van der Waals surface area contributed by atoms with Gasteiger partial charge in [-0.05, 0) is 44.5 Å². The maximum atomic E-state index is 5.84. The van der Waals surface area contributed by atoms with Crippen LogP contribution in [0, 0.1) is 0 Å². The number of piperidine rings is 1. The Morgan fingerprint density at radius 3 is 2.45 bits per heavy atom. The first-order valence-corrected chi connectivity index (χ1v) is 7.58. The third-order valence-corrected chi connectivity index (χ3v) is 3.53. The summed E-state index contributed by atoms with van der Waals surface area (Å²) in [5.41, 5.74) is 0. The first-order valence-electron chi connectivity index (χ1n) is 7.58. The predicted molar refractivity (Wildman–Crippen MR) is 82.5 cm³/mol. The van der Waals surface area contributed by atoms with Crippen LogP contribution in [0.3, 0.4) is 0 Å². The SMILES string of the molecule is C=CCOc1ccccc1OCCCN1CCCCC1. The molecule has 2 rings (SSSR count). The maximum Gasteiger partial charge on any atom is 0.161 e. The van der Waals surface area contributed by atoms with Crippen molar-refractivity contribution in [2.75, 3.05) is 32.8 Å². The first kappa shape index (κ1) is 14.9. The molecule has 3 nitrogen and oxygen atoms in total. The number of ether oxygens (including phenoxy) is 2. The third kappa shape index (κ3) is 4.89. The molecule has 1 aliphatic rings. The summed E-state index contributed by atoms with van der Waals surface area (Å²) in [5.74, 6) is 1.62. The fourth-order valence-corrected chi connectivity index (χ4v) is 2.49. The van der Waals surface area contributed by atoms with E-state index in [1.165, 1.54) is 32.4 Å². The molecule has 20 heavy (non-hydrogen) atoms. The highest BCUT2D eigenvalue weighted by Gasteiger charge is 2.09. The summed E-state index contributed by atoms with van der Waals surface area (Å²) in [7, 11) is 0.